The highest BCUT2D eigenvalue weighted by atomic mass is 35.5. The zero-order chi connectivity index (χ0) is 9.35. The van der Waals surface area contributed by atoms with Gasteiger partial charge in [0.15, 0.2) is 0 Å². The molecular formula is C9H15ClN2. The molecule has 3 heteroatoms. The molecule has 0 radical (unpaired) electrons. The van der Waals surface area contributed by atoms with Gasteiger partial charge in [-0.1, -0.05) is 32.4 Å². The van der Waals surface area contributed by atoms with E-state index in [9.17, 15) is 0 Å². The molecule has 0 aliphatic carbocycles. The Morgan fingerprint density at radius 3 is 2.67 bits per heavy atom. The molecule has 1 atom stereocenters. The van der Waals surface area contributed by atoms with E-state index in [1.54, 1.807) is 0 Å². The van der Waals surface area contributed by atoms with Crippen molar-refractivity contribution in [3.63, 3.8) is 0 Å². The molecule has 0 saturated heterocycles. The van der Waals surface area contributed by atoms with Crippen molar-refractivity contribution in [2.75, 3.05) is 0 Å². The van der Waals surface area contributed by atoms with E-state index in [2.05, 4.69) is 25.8 Å². The van der Waals surface area contributed by atoms with Crippen LogP contribution in [0.1, 0.15) is 27.2 Å². The van der Waals surface area contributed by atoms with E-state index < -0.39 is 0 Å². The Balaban J connectivity index is 3.03. The highest BCUT2D eigenvalue weighted by molar-refractivity contribution is 6.30. The average Bonchev–Trinajstić information content (AvgIpc) is 2.00. The summed E-state index contributed by atoms with van der Waals surface area (Å²) >= 11 is 6.11. The van der Waals surface area contributed by atoms with Crippen LogP contribution in [-0.2, 0) is 0 Å². The molecule has 0 bridgehead atoms. The fourth-order valence-electron chi connectivity index (χ4n) is 1.26. The second kappa shape index (κ2) is 3.09. The SMILES string of the molecule is CC(C)C1(C)CC=NC(N)=C1Cl. The maximum absolute atomic E-state index is 6.11. The van der Waals surface area contributed by atoms with Gasteiger partial charge in [-0.15, -0.1) is 0 Å². The van der Waals surface area contributed by atoms with Crippen molar-refractivity contribution in [1.82, 2.24) is 0 Å². The van der Waals surface area contributed by atoms with Gasteiger partial charge >= 0.3 is 0 Å². The third-order valence-electron chi connectivity index (χ3n) is 2.75. The van der Waals surface area contributed by atoms with Gasteiger partial charge < -0.3 is 5.73 Å². The molecule has 1 aliphatic heterocycles. The average molecular weight is 187 g/mol. The zero-order valence-corrected chi connectivity index (χ0v) is 8.52. The molecule has 12 heavy (non-hydrogen) atoms. The van der Waals surface area contributed by atoms with Crippen LogP contribution in [0.25, 0.3) is 0 Å². The summed E-state index contributed by atoms with van der Waals surface area (Å²) in [6.07, 6.45) is 2.73. The van der Waals surface area contributed by atoms with Crippen LogP contribution < -0.4 is 5.73 Å². The van der Waals surface area contributed by atoms with Crippen molar-refractivity contribution in [2.45, 2.75) is 27.2 Å². The molecule has 0 fully saturated rings. The van der Waals surface area contributed by atoms with E-state index in [0.717, 1.165) is 6.42 Å². The number of aliphatic imine (C=N–C) groups is 1. The molecule has 2 N–H and O–H groups in total. The van der Waals surface area contributed by atoms with E-state index in [4.69, 9.17) is 17.3 Å². The molecule has 1 rings (SSSR count). The maximum Gasteiger partial charge on any atom is 0.138 e. The minimum Gasteiger partial charge on any atom is -0.383 e. The van der Waals surface area contributed by atoms with Crippen molar-refractivity contribution >= 4 is 17.8 Å². The molecule has 68 valence electrons. The number of nitrogens with zero attached hydrogens (tertiary/aromatic N) is 1. The first kappa shape index (κ1) is 9.59. The Morgan fingerprint density at radius 2 is 2.25 bits per heavy atom. The van der Waals surface area contributed by atoms with E-state index in [-0.39, 0.29) is 5.41 Å². The summed E-state index contributed by atoms with van der Waals surface area (Å²) in [6, 6.07) is 0. The second-order valence-electron chi connectivity index (χ2n) is 3.79. The van der Waals surface area contributed by atoms with E-state index in [1.807, 2.05) is 6.21 Å². The third kappa shape index (κ3) is 1.36. The Labute approximate surface area is 78.5 Å². The largest absolute Gasteiger partial charge is 0.383 e. The molecule has 0 aromatic carbocycles. The van der Waals surface area contributed by atoms with Crippen LogP contribution in [-0.4, -0.2) is 6.21 Å². The van der Waals surface area contributed by atoms with Crippen LogP contribution in [0, 0.1) is 11.3 Å². The first-order chi connectivity index (χ1) is 5.48. The van der Waals surface area contributed by atoms with Crippen molar-refractivity contribution in [1.29, 1.82) is 0 Å². The Hall–Kier alpha value is -0.500. The summed E-state index contributed by atoms with van der Waals surface area (Å²) in [5.74, 6) is 0.953. The minimum absolute atomic E-state index is 0.0204. The lowest BCUT2D eigenvalue weighted by molar-refractivity contribution is 0.298. The summed E-state index contributed by atoms with van der Waals surface area (Å²) in [5.41, 5.74) is 5.62. The third-order valence-corrected chi connectivity index (χ3v) is 3.37. The smallest absolute Gasteiger partial charge is 0.138 e. The molecule has 0 amide bonds. The first-order valence-electron chi connectivity index (χ1n) is 4.16. The monoisotopic (exact) mass is 186 g/mol. The predicted octanol–water partition coefficient (Wildman–Crippen LogP) is 2.49. The van der Waals surface area contributed by atoms with Crippen LogP contribution >= 0.6 is 11.6 Å². The van der Waals surface area contributed by atoms with Crippen LogP contribution in [0.15, 0.2) is 15.8 Å². The molecule has 0 aromatic heterocycles. The Kier molecular flexibility index (Phi) is 2.47. The standard InChI is InChI=1S/C9H15ClN2/c1-6(2)9(3)4-5-12-8(11)7(9)10/h5-6H,4,11H2,1-3H3. The molecule has 1 unspecified atom stereocenters. The van der Waals surface area contributed by atoms with Crippen LogP contribution in [0.5, 0.6) is 0 Å². The van der Waals surface area contributed by atoms with Gasteiger partial charge in [-0.3, -0.25) is 0 Å². The van der Waals surface area contributed by atoms with E-state index in [1.165, 1.54) is 0 Å². The van der Waals surface area contributed by atoms with E-state index >= 15 is 0 Å². The van der Waals surface area contributed by atoms with Gasteiger partial charge in [0, 0.05) is 11.6 Å². The fraction of sp³-hybridized carbons (Fsp3) is 0.667. The van der Waals surface area contributed by atoms with Crippen molar-refractivity contribution in [3.8, 4) is 0 Å². The lowest BCUT2D eigenvalue weighted by Gasteiger charge is -2.34. The molecule has 0 saturated carbocycles. The summed E-state index contributed by atoms with van der Waals surface area (Å²) < 4.78 is 0. The van der Waals surface area contributed by atoms with Crippen LogP contribution in [0.2, 0.25) is 0 Å². The minimum atomic E-state index is -0.0204. The number of hydrogen-bond donors (Lipinski definition) is 1. The molecule has 1 aliphatic rings. The summed E-state index contributed by atoms with van der Waals surface area (Å²) in [4.78, 5) is 3.99. The number of hydrogen-bond acceptors (Lipinski definition) is 2. The van der Waals surface area contributed by atoms with Gasteiger partial charge in [0.05, 0.1) is 5.03 Å². The molecular weight excluding hydrogens is 172 g/mol. The number of nitrogens with two attached hydrogens (primary N) is 1. The van der Waals surface area contributed by atoms with Crippen molar-refractivity contribution < 1.29 is 0 Å². The Bertz CT molecular complexity index is 243. The number of halogens is 1. The zero-order valence-electron chi connectivity index (χ0n) is 7.76. The number of rotatable bonds is 1. The van der Waals surface area contributed by atoms with Gasteiger partial charge in [-0.25, -0.2) is 4.99 Å². The lowest BCUT2D eigenvalue weighted by Crippen LogP contribution is -2.29. The van der Waals surface area contributed by atoms with E-state index in [0.29, 0.717) is 16.8 Å². The maximum atomic E-state index is 6.11. The summed E-state index contributed by atoms with van der Waals surface area (Å²) in [6.45, 7) is 6.42. The highest BCUT2D eigenvalue weighted by Crippen LogP contribution is 2.42. The fourth-order valence-corrected chi connectivity index (χ4v) is 1.61. The van der Waals surface area contributed by atoms with Crippen molar-refractivity contribution in [2.24, 2.45) is 22.1 Å². The van der Waals surface area contributed by atoms with Gasteiger partial charge in [-0.2, -0.15) is 0 Å². The van der Waals surface area contributed by atoms with Crippen LogP contribution in [0.3, 0.4) is 0 Å². The highest BCUT2D eigenvalue weighted by Gasteiger charge is 2.34. The predicted molar refractivity (Wildman–Crippen MR) is 53.1 cm³/mol. The van der Waals surface area contributed by atoms with Crippen molar-refractivity contribution in [3.05, 3.63) is 10.9 Å². The van der Waals surface area contributed by atoms with Gasteiger partial charge in [0.2, 0.25) is 0 Å². The first-order valence-corrected chi connectivity index (χ1v) is 4.54. The molecule has 0 aromatic rings. The summed E-state index contributed by atoms with van der Waals surface area (Å²) in [5, 5.41) is 0.708. The second-order valence-corrected chi connectivity index (χ2v) is 4.17. The topological polar surface area (TPSA) is 38.4 Å². The lowest BCUT2D eigenvalue weighted by atomic mass is 9.75. The molecule has 1 heterocycles. The van der Waals surface area contributed by atoms with Gasteiger partial charge in [0.1, 0.15) is 5.82 Å². The molecule has 0 spiro atoms. The van der Waals surface area contributed by atoms with Gasteiger partial charge in [0.25, 0.3) is 0 Å². The molecule has 2 nitrogen and oxygen atoms in total. The number of allylic oxidation sites excluding steroid dienone is 1. The quantitative estimate of drug-likeness (QED) is 0.672. The van der Waals surface area contributed by atoms with Crippen LogP contribution in [0.4, 0.5) is 0 Å². The summed E-state index contributed by atoms with van der Waals surface area (Å²) in [7, 11) is 0. The normalized spacial score (nSPS) is 30.1. The Morgan fingerprint density at radius 1 is 1.67 bits per heavy atom. The van der Waals surface area contributed by atoms with Gasteiger partial charge in [-0.05, 0) is 12.3 Å².